The highest BCUT2D eigenvalue weighted by molar-refractivity contribution is 5.78. The summed E-state index contributed by atoms with van der Waals surface area (Å²) in [5.74, 6) is 2.07. The van der Waals surface area contributed by atoms with Gasteiger partial charge in [0.15, 0.2) is 0 Å². The summed E-state index contributed by atoms with van der Waals surface area (Å²) < 4.78 is 0. The van der Waals surface area contributed by atoms with Gasteiger partial charge in [-0.1, -0.05) is 0 Å². The lowest BCUT2D eigenvalue weighted by Gasteiger charge is -2.38. The molecule has 3 fully saturated rings. The standard InChI is InChI=1S/C20H32N6O2/c27-15-17-5-1-2-8-26(17)19-13-18(21-16-22-19)24-9-11-25(12-10-24)20(28)14-23-6-3-4-7-23/h13,16-17,27H,1-12,14-15H2. The second-order valence-corrected chi connectivity index (χ2v) is 8.11. The molecule has 4 rings (SSSR count). The molecule has 0 saturated carbocycles. The molecule has 0 spiro atoms. The third-order valence-electron chi connectivity index (χ3n) is 6.28. The van der Waals surface area contributed by atoms with Crippen molar-refractivity contribution in [2.75, 3.05) is 68.8 Å². The van der Waals surface area contributed by atoms with Crippen LogP contribution in [0, 0.1) is 0 Å². The Morgan fingerprint density at radius 3 is 2.43 bits per heavy atom. The first-order chi connectivity index (χ1) is 13.7. The number of carbonyl (C=O) groups is 1. The number of aliphatic hydroxyl groups excluding tert-OH is 1. The second kappa shape index (κ2) is 9.05. The van der Waals surface area contributed by atoms with Gasteiger partial charge in [0.2, 0.25) is 5.91 Å². The molecule has 28 heavy (non-hydrogen) atoms. The smallest absolute Gasteiger partial charge is 0.236 e. The quantitative estimate of drug-likeness (QED) is 0.790. The van der Waals surface area contributed by atoms with Crippen molar-refractivity contribution >= 4 is 17.5 Å². The largest absolute Gasteiger partial charge is 0.394 e. The van der Waals surface area contributed by atoms with Crippen LogP contribution in [0.25, 0.3) is 0 Å². The summed E-state index contributed by atoms with van der Waals surface area (Å²) >= 11 is 0. The number of carbonyl (C=O) groups excluding carboxylic acids is 1. The fourth-order valence-electron chi connectivity index (χ4n) is 4.58. The van der Waals surface area contributed by atoms with Crippen LogP contribution >= 0.6 is 0 Å². The van der Waals surface area contributed by atoms with Crippen LogP contribution in [0.3, 0.4) is 0 Å². The van der Waals surface area contributed by atoms with E-state index >= 15 is 0 Å². The van der Waals surface area contributed by atoms with Gasteiger partial charge in [0.25, 0.3) is 0 Å². The first kappa shape index (κ1) is 19.4. The fourth-order valence-corrected chi connectivity index (χ4v) is 4.58. The van der Waals surface area contributed by atoms with Crippen LogP contribution in [0.4, 0.5) is 11.6 Å². The fraction of sp³-hybridized carbons (Fsp3) is 0.750. The van der Waals surface area contributed by atoms with Crippen LogP contribution in [0.1, 0.15) is 32.1 Å². The molecule has 0 aromatic carbocycles. The van der Waals surface area contributed by atoms with E-state index in [2.05, 4.69) is 24.7 Å². The van der Waals surface area contributed by atoms with Gasteiger partial charge in [-0.25, -0.2) is 9.97 Å². The molecule has 3 aliphatic rings. The molecule has 1 atom stereocenters. The number of hydrogen-bond donors (Lipinski definition) is 1. The summed E-state index contributed by atoms with van der Waals surface area (Å²) in [5, 5.41) is 9.69. The number of piperidine rings is 1. The van der Waals surface area contributed by atoms with E-state index in [9.17, 15) is 9.90 Å². The van der Waals surface area contributed by atoms with Gasteiger partial charge in [0, 0.05) is 38.8 Å². The average Bonchev–Trinajstić information content (AvgIpc) is 3.27. The molecular formula is C20H32N6O2. The number of hydrogen-bond acceptors (Lipinski definition) is 7. The van der Waals surface area contributed by atoms with Crippen molar-refractivity contribution in [1.29, 1.82) is 0 Å². The van der Waals surface area contributed by atoms with E-state index in [0.717, 1.165) is 76.7 Å². The molecule has 0 radical (unpaired) electrons. The number of anilines is 2. The van der Waals surface area contributed by atoms with Gasteiger partial charge in [-0.3, -0.25) is 9.69 Å². The number of nitrogens with zero attached hydrogens (tertiary/aromatic N) is 6. The van der Waals surface area contributed by atoms with E-state index in [1.54, 1.807) is 6.33 Å². The van der Waals surface area contributed by atoms with Gasteiger partial charge >= 0.3 is 0 Å². The number of piperazine rings is 1. The molecule has 1 aromatic rings. The molecule has 3 saturated heterocycles. The van der Waals surface area contributed by atoms with Crippen LogP contribution in [-0.4, -0.2) is 95.8 Å². The molecule has 1 unspecified atom stereocenters. The summed E-state index contributed by atoms with van der Waals surface area (Å²) in [4.78, 5) is 30.2. The minimum Gasteiger partial charge on any atom is -0.394 e. The van der Waals surface area contributed by atoms with Crippen LogP contribution in [0.15, 0.2) is 12.4 Å². The average molecular weight is 389 g/mol. The van der Waals surface area contributed by atoms with E-state index < -0.39 is 0 Å². The zero-order valence-corrected chi connectivity index (χ0v) is 16.7. The van der Waals surface area contributed by atoms with Gasteiger partial charge in [0.05, 0.1) is 19.2 Å². The van der Waals surface area contributed by atoms with Crippen molar-refractivity contribution in [2.45, 2.75) is 38.1 Å². The zero-order valence-electron chi connectivity index (χ0n) is 16.7. The first-order valence-electron chi connectivity index (χ1n) is 10.7. The lowest BCUT2D eigenvalue weighted by Crippen LogP contribution is -2.51. The Kier molecular flexibility index (Phi) is 6.26. The van der Waals surface area contributed by atoms with Crippen LogP contribution in [-0.2, 0) is 4.79 Å². The normalized spacial score (nSPS) is 24.0. The molecule has 1 amide bonds. The molecule has 1 N–H and O–H groups in total. The summed E-state index contributed by atoms with van der Waals surface area (Å²) in [6, 6.07) is 2.19. The second-order valence-electron chi connectivity index (χ2n) is 8.11. The summed E-state index contributed by atoms with van der Waals surface area (Å²) in [6.07, 6.45) is 7.35. The Bertz CT molecular complexity index is 658. The first-order valence-corrected chi connectivity index (χ1v) is 10.7. The maximum absolute atomic E-state index is 12.5. The van der Waals surface area contributed by atoms with Crippen molar-refractivity contribution in [3.05, 3.63) is 12.4 Å². The van der Waals surface area contributed by atoms with E-state index in [0.29, 0.717) is 6.54 Å². The third kappa shape index (κ3) is 4.38. The maximum Gasteiger partial charge on any atom is 0.236 e. The summed E-state index contributed by atoms with van der Waals surface area (Å²) in [7, 11) is 0. The predicted octanol–water partition coefficient (Wildman–Crippen LogP) is 0.572. The van der Waals surface area contributed by atoms with E-state index in [1.807, 2.05) is 11.0 Å². The van der Waals surface area contributed by atoms with Gasteiger partial charge < -0.3 is 19.8 Å². The Hall–Kier alpha value is -1.93. The van der Waals surface area contributed by atoms with Crippen molar-refractivity contribution in [3.63, 3.8) is 0 Å². The van der Waals surface area contributed by atoms with Crippen molar-refractivity contribution in [1.82, 2.24) is 19.8 Å². The molecular weight excluding hydrogens is 356 g/mol. The monoisotopic (exact) mass is 388 g/mol. The molecule has 1 aromatic heterocycles. The highest BCUT2D eigenvalue weighted by Crippen LogP contribution is 2.25. The van der Waals surface area contributed by atoms with Crippen LogP contribution in [0.2, 0.25) is 0 Å². The number of aromatic nitrogens is 2. The van der Waals surface area contributed by atoms with Crippen molar-refractivity contribution < 1.29 is 9.90 Å². The Morgan fingerprint density at radius 2 is 1.68 bits per heavy atom. The molecule has 154 valence electrons. The third-order valence-corrected chi connectivity index (χ3v) is 6.28. The Balaban J connectivity index is 1.35. The SMILES string of the molecule is O=C(CN1CCCC1)N1CCN(c2cc(N3CCCCC3CO)ncn2)CC1. The zero-order chi connectivity index (χ0) is 19.3. The molecule has 0 bridgehead atoms. The van der Waals surface area contributed by atoms with E-state index in [1.165, 1.54) is 12.8 Å². The maximum atomic E-state index is 12.5. The van der Waals surface area contributed by atoms with Gasteiger partial charge in [-0.2, -0.15) is 0 Å². The molecule has 3 aliphatic heterocycles. The van der Waals surface area contributed by atoms with Crippen molar-refractivity contribution in [2.24, 2.45) is 0 Å². The highest BCUT2D eigenvalue weighted by atomic mass is 16.3. The lowest BCUT2D eigenvalue weighted by molar-refractivity contribution is -0.132. The molecule has 4 heterocycles. The minimum atomic E-state index is 0.150. The van der Waals surface area contributed by atoms with Crippen LogP contribution < -0.4 is 9.80 Å². The number of rotatable bonds is 5. The van der Waals surface area contributed by atoms with Gasteiger partial charge in [-0.05, 0) is 45.2 Å². The molecule has 8 heteroatoms. The van der Waals surface area contributed by atoms with Gasteiger partial charge in [0.1, 0.15) is 18.0 Å². The van der Waals surface area contributed by atoms with E-state index in [-0.39, 0.29) is 18.6 Å². The minimum absolute atomic E-state index is 0.150. The molecule has 8 nitrogen and oxygen atoms in total. The van der Waals surface area contributed by atoms with Gasteiger partial charge in [-0.15, -0.1) is 0 Å². The summed E-state index contributed by atoms with van der Waals surface area (Å²) in [5.41, 5.74) is 0. The Labute approximate surface area is 167 Å². The number of likely N-dealkylation sites (tertiary alicyclic amines) is 1. The Morgan fingerprint density at radius 1 is 0.964 bits per heavy atom. The number of aliphatic hydroxyl groups is 1. The summed E-state index contributed by atoms with van der Waals surface area (Å²) in [6.45, 7) is 6.86. The predicted molar refractivity (Wildman–Crippen MR) is 109 cm³/mol. The topological polar surface area (TPSA) is 76.0 Å². The van der Waals surface area contributed by atoms with Crippen molar-refractivity contribution in [3.8, 4) is 0 Å². The van der Waals surface area contributed by atoms with E-state index in [4.69, 9.17) is 0 Å². The highest BCUT2D eigenvalue weighted by Gasteiger charge is 2.26. The van der Waals surface area contributed by atoms with Crippen LogP contribution in [0.5, 0.6) is 0 Å². The number of amides is 1. The molecule has 0 aliphatic carbocycles. The lowest BCUT2D eigenvalue weighted by atomic mass is 10.0.